The van der Waals surface area contributed by atoms with E-state index in [0.29, 0.717) is 62.3 Å². The van der Waals surface area contributed by atoms with Gasteiger partial charge >= 0.3 is 6.09 Å². The molecule has 204 valence electrons. The Hall–Kier alpha value is -3.95. The highest BCUT2D eigenvalue weighted by molar-refractivity contribution is 5.82. The summed E-state index contributed by atoms with van der Waals surface area (Å²) in [4.78, 5) is 16.3. The van der Waals surface area contributed by atoms with Gasteiger partial charge < -0.3 is 29.6 Å². The Kier molecular flexibility index (Phi) is 8.29. The second-order valence-electron chi connectivity index (χ2n) is 9.90. The number of amides is 1. The van der Waals surface area contributed by atoms with Gasteiger partial charge in [0.25, 0.3) is 0 Å². The average molecular weight is 524 g/mol. The molecule has 2 N–H and O–H groups in total. The van der Waals surface area contributed by atoms with Crippen molar-refractivity contribution in [2.75, 3.05) is 31.7 Å². The molecule has 0 atom stereocenters. The van der Waals surface area contributed by atoms with Crippen molar-refractivity contribution in [3.8, 4) is 28.5 Å². The number of aryl methyl sites for hydroxylation is 1. The van der Waals surface area contributed by atoms with Gasteiger partial charge in [-0.25, -0.2) is 9.78 Å². The fourth-order valence-electron chi connectivity index (χ4n) is 4.34. The van der Waals surface area contributed by atoms with Gasteiger partial charge in [0, 0.05) is 37.3 Å². The molecule has 10 nitrogen and oxygen atoms in total. The zero-order valence-corrected chi connectivity index (χ0v) is 23.0. The summed E-state index contributed by atoms with van der Waals surface area (Å²) in [6.45, 7) is 11.3. The van der Waals surface area contributed by atoms with Crippen LogP contribution in [0.2, 0.25) is 0 Å². The number of benzene rings is 1. The number of hydrogen-bond donors (Lipinski definition) is 2. The zero-order chi connectivity index (χ0) is 27.3. The van der Waals surface area contributed by atoms with E-state index in [-0.39, 0.29) is 0 Å². The summed E-state index contributed by atoms with van der Waals surface area (Å²) < 4.78 is 24.9. The highest BCUT2D eigenvalue weighted by Crippen LogP contribution is 2.45. The number of aromatic nitrogens is 3. The predicted molar refractivity (Wildman–Crippen MR) is 146 cm³/mol. The molecule has 0 fully saturated rings. The number of ether oxygens (including phenoxy) is 4. The Morgan fingerprint density at radius 2 is 1.79 bits per heavy atom. The zero-order valence-electron chi connectivity index (χ0n) is 23.0. The van der Waals surface area contributed by atoms with Crippen LogP contribution in [0.25, 0.3) is 11.3 Å². The molecule has 3 aromatic rings. The van der Waals surface area contributed by atoms with Gasteiger partial charge in [-0.2, -0.15) is 5.10 Å². The maximum atomic E-state index is 11.9. The summed E-state index contributed by atoms with van der Waals surface area (Å²) in [5, 5.41) is 10.9. The van der Waals surface area contributed by atoms with Crippen molar-refractivity contribution in [2.24, 2.45) is 7.05 Å². The molecule has 1 amide bonds. The van der Waals surface area contributed by atoms with Crippen LogP contribution in [0.3, 0.4) is 0 Å². The lowest BCUT2D eigenvalue weighted by atomic mass is 10.1. The Morgan fingerprint density at radius 3 is 2.53 bits per heavy atom. The van der Waals surface area contributed by atoms with Gasteiger partial charge in [-0.05, 0) is 70.9 Å². The molecule has 1 aliphatic rings. The van der Waals surface area contributed by atoms with E-state index < -0.39 is 11.7 Å². The van der Waals surface area contributed by atoms with E-state index in [1.54, 1.807) is 6.20 Å². The molecular weight excluding hydrogens is 486 g/mol. The van der Waals surface area contributed by atoms with Crippen LogP contribution < -0.4 is 24.8 Å². The van der Waals surface area contributed by atoms with Crippen molar-refractivity contribution < 1.29 is 23.7 Å². The summed E-state index contributed by atoms with van der Waals surface area (Å²) in [6.07, 6.45) is 2.62. The van der Waals surface area contributed by atoms with E-state index in [9.17, 15) is 4.79 Å². The molecule has 0 saturated carbocycles. The number of nitrogens with one attached hydrogen (secondary N) is 2. The van der Waals surface area contributed by atoms with Crippen LogP contribution in [0.1, 0.15) is 52.2 Å². The smallest absolute Gasteiger partial charge is 0.407 e. The molecule has 0 spiro atoms. The molecule has 0 radical (unpaired) electrons. The fraction of sp³-hybridized carbons (Fsp3) is 0.464. The fourth-order valence-corrected chi connectivity index (χ4v) is 4.34. The summed E-state index contributed by atoms with van der Waals surface area (Å²) in [5.41, 5.74) is 3.78. The molecule has 0 aliphatic heterocycles. The first-order valence-corrected chi connectivity index (χ1v) is 13.0. The van der Waals surface area contributed by atoms with Crippen molar-refractivity contribution >= 4 is 17.7 Å². The summed E-state index contributed by atoms with van der Waals surface area (Å²) >= 11 is 0. The molecule has 0 saturated heterocycles. The number of hydrogen-bond acceptors (Lipinski definition) is 8. The lowest BCUT2D eigenvalue weighted by Gasteiger charge is -2.19. The normalized spacial score (nSPS) is 11.9. The standard InChI is InChI=1S/C28H37N5O5/c1-7-35-21-11-9-12-29-26(21)31-25-20-15-18-16-22(36-8-2)23(17-19(18)24(20)33(6)32-25)37-14-10-13-30-27(34)38-28(3,4)5/h9,11-12,16-17H,7-8,10,13-15H2,1-6H3,(H,30,34)(H,29,31,32). The lowest BCUT2D eigenvalue weighted by Crippen LogP contribution is -2.33. The largest absolute Gasteiger partial charge is 0.490 e. The number of pyridine rings is 1. The second kappa shape index (κ2) is 11.6. The molecule has 38 heavy (non-hydrogen) atoms. The molecule has 2 heterocycles. The molecule has 0 bridgehead atoms. The number of nitrogens with zero attached hydrogens (tertiary/aromatic N) is 3. The second-order valence-corrected chi connectivity index (χ2v) is 9.90. The predicted octanol–water partition coefficient (Wildman–Crippen LogP) is 5.22. The van der Waals surface area contributed by atoms with Crippen LogP contribution in [0.4, 0.5) is 16.4 Å². The number of carbonyl (C=O) groups excluding carboxylic acids is 1. The number of carbonyl (C=O) groups is 1. The van der Waals surface area contributed by atoms with Crippen LogP contribution in [-0.2, 0) is 18.2 Å². The van der Waals surface area contributed by atoms with E-state index in [0.717, 1.165) is 28.2 Å². The first-order chi connectivity index (χ1) is 18.2. The summed E-state index contributed by atoms with van der Waals surface area (Å²) in [5.74, 6) is 3.41. The Morgan fingerprint density at radius 1 is 1.05 bits per heavy atom. The van der Waals surface area contributed by atoms with Crippen molar-refractivity contribution in [2.45, 2.75) is 53.1 Å². The molecule has 0 unspecified atom stereocenters. The minimum atomic E-state index is -0.527. The van der Waals surface area contributed by atoms with Gasteiger partial charge in [0.1, 0.15) is 5.60 Å². The molecular formula is C28H37N5O5. The van der Waals surface area contributed by atoms with E-state index in [1.165, 1.54) is 0 Å². The Labute approximate surface area is 223 Å². The first-order valence-electron chi connectivity index (χ1n) is 13.0. The molecule has 1 aliphatic carbocycles. The van der Waals surface area contributed by atoms with Gasteiger partial charge in [-0.3, -0.25) is 4.68 Å². The number of rotatable bonds is 11. The van der Waals surface area contributed by atoms with Gasteiger partial charge in [0.15, 0.2) is 28.9 Å². The minimum Gasteiger partial charge on any atom is -0.490 e. The monoisotopic (exact) mass is 523 g/mol. The number of fused-ring (bicyclic) bond motifs is 3. The van der Waals surface area contributed by atoms with Crippen molar-refractivity contribution in [3.05, 3.63) is 41.6 Å². The quantitative estimate of drug-likeness (QED) is 0.258. The maximum Gasteiger partial charge on any atom is 0.407 e. The average Bonchev–Trinajstić information content (AvgIpc) is 3.36. The third kappa shape index (κ3) is 6.30. The van der Waals surface area contributed by atoms with E-state index in [4.69, 9.17) is 24.0 Å². The first kappa shape index (κ1) is 27.1. The minimum absolute atomic E-state index is 0.416. The van der Waals surface area contributed by atoms with Gasteiger partial charge in [-0.15, -0.1) is 0 Å². The van der Waals surface area contributed by atoms with Gasteiger partial charge in [0.2, 0.25) is 0 Å². The van der Waals surface area contributed by atoms with E-state index in [2.05, 4.69) is 15.6 Å². The Bertz CT molecular complexity index is 1280. The van der Waals surface area contributed by atoms with Crippen molar-refractivity contribution in [1.82, 2.24) is 20.1 Å². The molecule has 1 aromatic carbocycles. The van der Waals surface area contributed by atoms with Crippen molar-refractivity contribution in [3.63, 3.8) is 0 Å². The van der Waals surface area contributed by atoms with Crippen LogP contribution in [0, 0.1) is 0 Å². The Balaban J connectivity index is 1.49. The summed E-state index contributed by atoms with van der Waals surface area (Å²) in [7, 11) is 1.93. The highest BCUT2D eigenvalue weighted by Gasteiger charge is 2.29. The van der Waals surface area contributed by atoms with Gasteiger partial charge in [-0.1, -0.05) is 0 Å². The number of anilines is 2. The van der Waals surface area contributed by atoms with Gasteiger partial charge in [0.05, 0.1) is 25.5 Å². The summed E-state index contributed by atoms with van der Waals surface area (Å²) in [6, 6.07) is 7.80. The molecule has 2 aromatic heterocycles. The third-order valence-electron chi connectivity index (χ3n) is 5.79. The van der Waals surface area contributed by atoms with Crippen LogP contribution >= 0.6 is 0 Å². The van der Waals surface area contributed by atoms with E-state index in [1.807, 2.05) is 70.6 Å². The lowest BCUT2D eigenvalue weighted by molar-refractivity contribution is 0.0525. The molecule has 4 rings (SSSR count). The number of alkyl carbamates (subject to hydrolysis) is 1. The highest BCUT2D eigenvalue weighted by atomic mass is 16.6. The topological polar surface area (TPSA) is 109 Å². The van der Waals surface area contributed by atoms with Crippen LogP contribution in [0.5, 0.6) is 17.2 Å². The third-order valence-corrected chi connectivity index (χ3v) is 5.79. The molecule has 10 heteroatoms. The van der Waals surface area contributed by atoms with Crippen molar-refractivity contribution in [1.29, 1.82) is 0 Å². The van der Waals surface area contributed by atoms with Crippen LogP contribution in [-0.4, -0.2) is 52.8 Å². The maximum absolute atomic E-state index is 11.9. The SMILES string of the molecule is CCOc1cc2c(cc1OCCCNC(=O)OC(C)(C)C)-c1c(c(Nc3ncccc3OCC)nn1C)C2. The van der Waals surface area contributed by atoms with Crippen LogP contribution in [0.15, 0.2) is 30.5 Å². The van der Waals surface area contributed by atoms with E-state index >= 15 is 0 Å².